The van der Waals surface area contributed by atoms with Gasteiger partial charge in [-0.15, -0.1) is 0 Å². The molecule has 0 aromatic heterocycles. The molecule has 4 heteroatoms. The van der Waals surface area contributed by atoms with E-state index in [1.807, 2.05) is 6.08 Å². The molecule has 0 aliphatic rings. The Hall–Kier alpha value is -1.91. The summed E-state index contributed by atoms with van der Waals surface area (Å²) in [5, 5.41) is 22.9. The maximum absolute atomic E-state index is 12.4. The van der Waals surface area contributed by atoms with Gasteiger partial charge in [-0.2, -0.15) is 0 Å². The molecule has 0 spiro atoms. The van der Waals surface area contributed by atoms with E-state index >= 15 is 0 Å². The molecule has 0 saturated carbocycles. The summed E-state index contributed by atoms with van der Waals surface area (Å²) in [7, 11) is 0. The van der Waals surface area contributed by atoms with Crippen molar-refractivity contribution in [3.05, 3.63) is 60.8 Å². The van der Waals surface area contributed by atoms with Gasteiger partial charge < -0.3 is 15.5 Å². The lowest BCUT2D eigenvalue weighted by Crippen LogP contribution is -2.45. The summed E-state index contributed by atoms with van der Waals surface area (Å²) in [6.07, 6.45) is 68.1. The Balaban J connectivity index is 3.41. The summed E-state index contributed by atoms with van der Waals surface area (Å²) in [6.45, 7) is 4.16. The van der Waals surface area contributed by atoms with Gasteiger partial charge in [-0.25, -0.2) is 0 Å². The predicted octanol–water partition coefficient (Wildman–Crippen LogP) is 16.1. The van der Waals surface area contributed by atoms with Crippen LogP contribution in [0, 0.1) is 0 Å². The van der Waals surface area contributed by atoms with Gasteiger partial charge >= 0.3 is 0 Å². The van der Waals surface area contributed by atoms with Crippen molar-refractivity contribution < 1.29 is 15.0 Å². The quantitative estimate of drug-likeness (QED) is 0.0425. The van der Waals surface area contributed by atoms with E-state index in [9.17, 15) is 15.0 Å². The summed E-state index contributed by atoms with van der Waals surface area (Å²) in [5.41, 5.74) is 0. The van der Waals surface area contributed by atoms with Crippen molar-refractivity contribution >= 4 is 5.91 Å². The van der Waals surface area contributed by atoms with E-state index in [1.54, 1.807) is 6.08 Å². The van der Waals surface area contributed by atoms with Crippen molar-refractivity contribution in [3.63, 3.8) is 0 Å². The van der Waals surface area contributed by atoms with Gasteiger partial charge in [0, 0.05) is 6.42 Å². The minimum absolute atomic E-state index is 0.0787. The number of hydrogen-bond donors (Lipinski definition) is 3. The number of carbonyl (C=O) groups is 1. The number of hydrogen-bond acceptors (Lipinski definition) is 3. The molecule has 2 atom stereocenters. The van der Waals surface area contributed by atoms with Gasteiger partial charge in [0.15, 0.2) is 0 Å². The molecule has 0 aromatic carbocycles. The molecule has 0 heterocycles. The van der Waals surface area contributed by atoms with Crippen LogP contribution in [-0.2, 0) is 4.79 Å². The van der Waals surface area contributed by atoms with Crippen molar-refractivity contribution in [2.45, 2.75) is 264 Å². The van der Waals surface area contributed by atoms with Crippen LogP contribution in [-0.4, -0.2) is 34.9 Å². The zero-order chi connectivity index (χ0) is 41.4. The Morgan fingerprint density at radius 3 is 1.19 bits per heavy atom. The Labute approximate surface area is 356 Å². The second-order valence-corrected chi connectivity index (χ2v) is 16.8. The topological polar surface area (TPSA) is 69.6 Å². The van der Waals surface area contributed by atoms with Crippen molar-refractivity contribution in [2.75, 3.05) is 6.61 Å². The number of unbranched alkanes of at least 4 members (excludes halogenated alkanes) is 30. The summed E-state index contributed by atoms with van der Waals surface area (Å²) >= 11 is 0. The van der Waals surface area contributed by atoms with E-state index in [4.69, 9.17) is 0 Å². The first-order chi connectivity index (χ1) is 28.2. The number of aliphatic hydroxyl groups is 2. The summed E-state index contributed by atoms with van der Waals surface area (Å²) < 4.78 is 0. The molecule has 0 aromatic rings. The Morgan fingerprint density at radius 1 is 0.439 bits per heavy atom. The van der Waals surface area contributed by atoms with Crippen LogP contribution in [0.1, 0.15) is 251 Å². The van der Waals surface area contributed by atoms with Gasteiger partial charge in [0.25, 0.3) is 0 Å². The number of amides is 1. The fraction of sp³-hybridized carbons (Fsp3) is 0.792. The van der Waals surface area contributed by atoms with Gasteiger partial charge in [-0.1, -0.05) is 235 Å². The van der Waals surface area contributed by atoms with Gasteiger partial charge in [0.1, 0.15) is 0 Å². The average Bonchev–Trinajstić information content (AvgIpc) is 3.22. The van der Waals surface area contributed by atoms with Crippen molar-refractivity contribution in [2.24, 2.45) is 0 Å². The van der Waals surface area contributed by atoms with Crippen LogP contribution < -0.4 is 5.32 Å². The van der Waals surface area contributed by atoms with Crippen LogP contribution in [0.5, 0.6) is 0 Å². The zero-order valence-corrected chi connectivity index (χ0v) is 38.1. The zero-order valence-electron chi connectivity index (χ0n) is 38.1. The normalized spacial score (nSPS) is 13.4. The molecular weight excluding hydrogens is 699 g/mol. The molecule has 0 bridgehead atoms. The number of allylic oxidation sites excluding steroid dienone is 9. The van der Waals surface area contributed by atoms with Crippen LogP contribution in [0.4, 0.5) is 0 Å². The summed E-state index contributed by atoms with van der Waals surface area (Å²) in [5.74, 6) is -0.0787. The van der Waals surface area contributed by atoms with Crippen LogP contribution in [0.25, 0.3) is 0 Å². The van der Waals surface area contributed by atoms with Gasteiger partial charge in [0.05, 0.1) is 18.8 Å². The summed E-state index contributed by atoms with van der Waals surface area (Å²) in [6, 6.07) is -0.643. The molecule has 1 amide bonds. The maximum Gasteiger partial charge on any atom is 0.220 e. The lowest BCUT2D eigenvalue weighted by atomic mass is 10.0. The first kappa shape index (κ1) is 55.1. The minimum atomic E-state index is -0.868. The van der Waals surface area contributed by atoms with Crippen LogP contribution in [0.15, 0.2) is 60.8 Å². The fourth-order valence-electron chi connectivity index (χ4n) is 7.43. The number of nitrogens with one attached hydrogen (secondary N) is 1. The molecule has 332 valence electrons. The molecule has 4 nitrogen and oxygen atoms in total. The van der Waals surface area contributed by atoms with E-state index in [0.717, 1.165) is 51.4 Å². The highest BCUT2D eigenvalue weighted by Crippen LogP contribution is 2.16. The molecular formula is C53H97NO3. The molecule has 0 aliphatic heterocycles. The monoisotopic (exact) mass is 796 g/mol. The van der Waals surface area contributed by atoms with Crippen LogP contribution >= 0.6 is 0 Å². The lowest BCUT2D eigenvalue weighted by molar-refractivity contribution is -0.123. The number of rotatable bonds is 45. The predicted molar refractivity (Wildman–Crippen MR) is 253 cm³/mol. The van der Waals surface area contributed by atoms with Crippen molar-refractivity contribution in [1.29, 1.82) is 0 Å². The van der Waals surface area contributed by atoms with Gasteiger partial charge in [-0.3, -0.25) is 4.79 Å². The van der Waals surface area contributed by atoms with E-state index < -0.39 is 12.1 Å². The number of carbonyl (C=O) groups excluding carboxylic acids is 1. The maximum atomic E-state index is 12.4. The molecule has 0 rings (SSSR count). The van der Waals surface area contributed by atoms with E-state index in [0.29, 0.717) is 6.42 Å². The Morgan fingerprint density at radius 2 is 0.789 bits per heavy atom. The molecule has 0 aliphatic carbocycles. The molecule has 0 fully saturated rings. The molecule has 57 heavy (non-hydrogen) atoms. The average molecular weight is 796 g/mol. The van der Waals surface area contributed by atoms with Crippen LogP contribution in [0.3, 0.4) is 0 Å². The fourth-order valence-corrected chi connectivity index (χ4v) is 7.43. The number of aliphatic hydroxyl groups excluding tert-OH is 2. The largest absolute Gasteiger partial charge is 0.394 e. The highest BCUT2D eigenvalue weighted by atomic mass is 16.3. The smallest absolute Gasteiger partial charge is 0.220 e. The molecule has 0 saturated heterocycles. The molecule has 3 N–H and O–H groups in total. The second-order valence-electron chi connectivity index (χ2n) is 16.8. The van der Waals surface area contributed by atoms with Gasteiger partial charge in [-0.05, 0) is 70.6 Å². The van der Waals surface area contributed by atoms with E-state index in [1.165, 1.54) is 180 Å². The van der Waals surface area contributed by atoms with E-state index in [-0.39, 0.29) is 12.5 Å². The first-order valence-electron chi connectivity index (χ1n) is 25.0. The SMILES string of the molecule is CC/C=C/CC/C=C/CC/C=C/C(O)C(CO)NC(=O)CCCCCCCCCCCCCCCCCCCCCCCCC/C=C\C/C=C\CCCCCCC. The Kier molecular flexibility index (Phi) is 46.8. The first-order valence-corrected chi connectivity index (χ1v) is 25.0. The highest BCUT2D eigenvalue weighted by molar-refractivity contribution is 5.76. The van der Waals surface area contributed by atoms with Crippen molar-refractivity contribution in [3.8, 4) is 0 Å². The highest BCUT2D eigenvalue weighted by Gasteiger charge is 2.17. The van der Waals surface area contributed by atoms with Crippen LogP contribution in [0.2, 0.25) is 0 Å². The van der Waals surface area contributed by atoms with Crippen molar-refractivity contribution in [1.82, 2.24) is 5.32 Å². The summed E-state index contributed by atoms with van der Waals surface area (Å²) in [4.78, 5) is 12.4. The lowest BCUT2D eigenvalue weighted by Gasteiger charge is -2.19. The molecule has 0 radical (unpaired) electrons. The molecule has 2 unspecified atom stereocenters. The third-order valence-electron chi connectivity index (χ3n) is 11.2. The minimum Gasteiger partial charge on any atom is -0.394 e. The third-order valence-corrected chi connectivity index (χ3v) is 11.2. The third kappa shape index (κ3) is 45.0. The standard InChI is InChI=1S/C53H97NO3/c1-3-5-7-9-11-13-15-16-17-18-19-20-21-22-23-24-25-26-27-28-29-30-31-32-33-34-35-36-37-38-39-41-43-45-47-49-53(57)54-51(50-55)52(56)48-46-44-42-40-14-12-10-8-6-4-2/h6,8,14-16,18-19,40,46,48,51-52,55-56H,3-5,7,9-13,17,20-39,41-45,47,49-50H2,1-2H3,(H,54,57)/b8-6+,16-15-,19-18-,40-14+,48-46+. The van der Waals surface area contributed by atoms with Gasteiger partial charge in [0.2, 0.25) is 5.91 Å². The second kappa shape index (κ2) is 48.5. The van der Waals surface area contributed by atoms with E-state index in [2.05, 4.69) is 67.8 Å². The Bertz CT molecular complexity index is 950.